The van der Waals surface area contributed by atoms with Crippen LogP contribution in [0.5, 0.6) is 0 Å². The maximum absolute atomic E-state index is 12.8. The maximum atomic E-state index is 12.8. The number of nitrogens with one attached hydrogen (secondary N) is 2. The van der Waals surface area contributed by atoms with Gasteiger partial charge < -0.3 is 15.5 Å². The number of carbonyl (C=O) groups is 2. The Hall–Kier alpha value is -1.76. The second-order valence-corrected chi connectivity index (χ2v) is 6.77. The fraction of sp³-hybridized carbons (Fsp3) is 0.500. The van der Waals surface area contributed by atoms with Crippen molar-refractivity contribution < 1.29 is 14.0 Å². The summed E-state index contributed by atoms with van der Waals surface area (Å²) in [5.74, 6) is 1.66. The van der Waals surface area contributed by atoms with Crippen LogP contribution in [-0.2, 0) is 4.79 Å². The predicted octanol–water partition coefficient (Wildman–Crippen LogP) is 2.69. The molecule has 0 aliphatic carbocycles. The van der Waals surface area contributed by atoms with Gasteiger partial charge in [0.25, 0.3) is 0 Å². The van der Waals surface area contributed by atoms with Crippen molar-refractivity contribution in [3.63, 3.8) is 0 Å². The minimum Gasteiger partial charge on any atom is -0.341 e. The Bertz CT molecular complexity index is 539. The summed E-state index contributed by atoms with van der Waals surface area (Å²) in [4.78, 5) is 25.7. The zero-order valence-electron chi connectivity index (χ0n) is 13.2. The van der Waals surface area contributed by atoms with Crippen molar-refractivity contribution in [1.29, 1.82) is 0 Å². The van der Waals surface area contributed by atoms with E-state index in [0.29, 0.717) is 25.2 Å². The number of anilines is 1. The number of thioether (sulfide) groups is 1. The molecule has 3 amide bonds. The minimum absolute atomic E-state index is 0.0433. The molecule has 126 valence electrons. The Morgan fingerprint density at radius 2 is 2.09 bits per heavy atom. The fourth-order valence-corrected chi connectivity index (χ4v) is 3.06. The third-order valence-electron chi connectivity index (χ3n) is 3.64. The van der Waals surface area contributed by atoms with Gasteiger partial charge in [0.1, 0.15) is 5.82 Å². The van der Waals surface area contributed by atoms with E-state index in [1.54, 1.807) is 16.7 Å². The van der Waals surface area contributed by atoms with Crippen molar-refractivity contribution in [2.24, 2.45) is 0 Å². The van der Waals surface area contributed by atoms with Crippen molar-refractivity contribution in [2.75, 3.05) is 29.9 Å². The number of likely N-dealkylation sites (tertiary alicyclic amines) is 1. The molecule has 2 N–H and O–H groups in total. The van der Waals surface area contributed by atoms with Crippen LogP contribution in [0.4, 0.5) is 14.9 Å². The largest absolute Gasteiger partial charge is 0.341 e. The first-order chi connectivity index (χ1) is 11.1. The van der Waals surface area contributed by atoms with Crippen LogP contribution >= 0.6 is 11.8 Å². The molecular formula is C16H22FN3O2S. The summed E-state index contributed by atoms with van der Waals surface area (Å²) in [5.41, 5.74) is 0.534. The summed E-state index contributed by atoms with van der Waals surface area (Å²) in [6.07, 6.45) is 1.30. The highest BCUT2D eigenvalue weighted by atomic mass is 32.2. The van der Waals surface area contributed by atoms with E-state index in [1.807, 2.05) is 0 Å². The molecule has 0 saturated carbocycles. The van der Waals surface area contributed by atoms with Crippen LogP contribution in [0, 0.1) is 5.82 Å². The third kappa shape index (κ3) is 5.74. The van der Waals surface area contributed by atoms with Gasteiger partial charge in [-0.25, -0.2) is 9.18 Å². The van der Waals surface area contributed by atoms with Gasteiger partial charge in [0.15, 0.2) is 0 Å². The van der Waals surface area contributed by atoms with Crippen LogP contribution in [-0.4, -0.2) is 47.5 Å². The van der Waals surface area contributed by atoms with E-state index in [2.05, 4.69) is 17.6 Å². The molecule has 0 unspecified atom stereocenters. The van der Waals surface area contributed by atoms with E-state index >= 15 is 0 Å². The van der Waals surface area contributed by atoms with Gasteiger partial charge in [0.2, 0.25) is 5.91 Å². The van der Waals surface area contributed by atoms with E-state index in [0.717, 1.165) is 17.9 Å². The smallest absolute Gasteiger partial charge is 0.319 e. The van der Waals surface area contributed by atoms with Gasteiger partial charge in [-0.05, 0) is 36.4 Å². The number of amides is 3. The van der Waals surface area contributed by atoms with Gasteiger partial charge in [-0.2, -0.15) is 11.8 Å². The molecule has 1 aromatic rings. The molecular weight excluding hydrogens is 317 g/mol. The molecule has 1 atom stereocenters. The van der Waals surface area contributed by atoms with Crippen LogP contribution in [0.15, 0.2) is 24.3 Å². The normalized spacial score (nSPS) is 17.1. The van der Waals surface area contributed by atoms with Gasteiger partial charge in [-0.15, -0.1) is 0 Å². The Balaban J connectivity index is 1.73. The standard InChI is InChI=1S/C16H22FN3O2S/c1-2-23-10-8-15(21)20-9-7-14(11-20)19-16(22)18-13-5-3-12(17)4-6-13/h3-6,14H,2,7-11H2,1H3,(H2,18,19,22)/t14-/m0/s1. The van der Waals surface area contributed by atoms with E-state index in [1.165, 1.54) is 24.3 Å². The quantitative estimate of drug-likeness (QED) is 0.784. The molecule has 5 nitrogen and oxygen atoms in total. The van der Waals surface area contributed by atoms with Gasteiger partial charge in [-0.3, -0.25) is 4.79 Å². The van der Waals surface area contributed by atoms with E-state index in [4.69, 9.17) is 0 Å². The van der Waals surface area contributed by atoms with E-state index < -0.39 is 0 Å². The van der Waals surface area contributed by atoms with Gasteiger partial charge >= 0.3 is 6.03 Å². The van der Waals surface area contributed by atoms with Crippen LogP contribution in [0.2, 0.25) is 0 Å². The topological polar surface area (TPSA) is 61.4 Å². The number of urea groups is 1. The van der Waals surface area contributed by atoms with Crippen molar-refractivity contribution in [2.45, 2.75) is 25.8 Å². The minimum atomic E-state index is -0.345. The highest BCUT2D eigenvalue weighted by Gasteiger charge is 2.26. The molecule has 7 heteroatoms. The molecule has 0 bridgehead atoms. The van der Waals surface area contributed by atoms with Crippen molar-refractivity contribution in [3.05, 3.63) is 30.1 Å². The number of hydrogen-bond acceptors (Lipinski definition) is 3. The Morgan fingerprint density at radius 1 is 1.35 bits per heavy atom. The molecule has 0 spiro atoms. The first-order valence-corrected chi connectivity index (χ1v) is 8.92. The van der Waals surface area contributed by atoms with Gasteiger partial charge in [-0.1, -0.05) is 6.92 Å². The van der Waals surface area contributed by atoms with Crippen LogP contribution in [0.1, 0.15) is 19.8 Å². The van der Waals surface area contributed by atoms with Crippen LogP contribution < -0.4 is 10.6 Å². The lowest BCUT2D eigenvalue weighted by molar-refractivity contribution is -0.129. The lowest BCUT2D eigenvalue weighted by Gasteiger charge is -2.17. The lowest BCUT2D eigenvalue weighted by Crippen LogP contribution is -2.40. The first kappa shape index (κ1) is 17.6. The summed E-state index contributed by atoms with van der Waals surface area (Å²) < 4.78 is 12.8. The summed E-state index contributed by atoms with van der Waals surface area (Å²) in [6, 6.07) is 5.21. The Labute approximate surface area is 140 Å². The van der Waals surface area contributed by atoms with Crippen LogP contribution in [0.3, 0.4) is 0 Å². The van der Waals surface area contributed by atoms with Crippen molar-refractivity contribution >= 4 is 29.4 Å². The molecule has 1 aliphatic heterocycles. The lowest BCUT2D eigenvalue weighted by atomic mass is 10.3. The summed E-state index contributed by atoms with van der Waals surface area (Å²) in [6.45, 7) is 3.30. The van der Waals surface area contributed by atoms with E-state index in [-0.39, 0.29) is 23.8 Å². The molecule has 1 heterocycles. The van der Waals surface area contributed by atoms with Gasteiger partial charge in [0.05, 0.1) is 0 Å². The van der Waals surface area contributed by atoms with Crippen molar-refractivity contribution in [1.82, 2.24) is 10.2 Å². The zero-order chi connectivity index (χ0) is 16.7. The molecule has 1 aliphatic rings. The highest BCUT2D eigenvalue weighted by Crippen LogP contribution is 2.13. The second kappa shape index (κ2) is 8.76. The molecule has 2 rings (SSSR count). The Morgan fingerprint density at radius 3 is 2.78 bits per heavy atom. The van der Waals surface area contributed by atoms with Crippen LogP contribution in [0.25, 0.3) is 0 Å². The molecule has 23 heavy (non-hydrogen) atoms. The number of benzene rings is 1. The SMILES string of the molecule is CCSCCC(=O)N1CC[C@H](NC(=O)Nc2ccc(F)cc2)C1. The third-order valence-corrected chi connectivity index (χ3v) is 4.54. The number of carbonyl (C=O) groups excluding carboxylic acids is 2. The number of rotatable bonds is 6. The number of halogens is 1. The summed E-state index contributed by atoms with van der Waals surface area (Å²) in [5, 5.41) is 5.51. The number of nitrogens with zero attached hydrogens (tertiary/aromatic N) is 1. The maximum Gasteiger partial charge on any atom is 0.319 e. The van der Waals surface area contributed by atoms with Gasteiger partial charge in [0, 0.05) is 37.0 Å². The molecule has 1 saturated heterocycles. The average Bonchev–Trinajstić information content (AvgIpc) is 2.98. The molecule has 1 aromatic carbocycles. The van der Waals surface area contributed by atoms with E-state index in [9.17, 15) is 14.0 Å². The first-order valence-electron chi connectivity index (χ1n) is 7.77. The summed E-state index contributed by atoms with van der Waals surface area (Å²) >= 11 is 1.75. The molecule has 0 radical (unpaired) electrons. The van der Waals surface area contributed by atoms with Crippen molar-refractivity contribution in [3.8, 4) is 0 Å². The zero-order valence-corrected chi connectivity index (χ0v) is 14.0. The fourth-order valence-electron chi connectivity index (χ4n) is 2.45. The molecule has 1 fully saturated rings. The summed E-state index contributed by atoms with van der Waals surface area (Å²) in [7, 11) is 0. The second-order valence-electron chi connectivity index (χ2n) is 5.38. The Kier molecular flexibility index (Phi) is 6.70. The predicted molar refractivity (Wildman–Crippen MR) is 91.2 cm³/mol. The highest BCUT2D eigenvalue weighted by molar-refractivity contribution is 7.99. The monoisotopic (exact) mass is 339 g/mol. The average molecular weight is 339 g/mol. The molecule has 0 aromatic heterocycles. The number of hydrogen-bond donors (Lipinski definition) is 2.